The zero-order chi connectivity index (χ0) is 22.9. The van der Waals surface area contributed by atoms with Crippen LogP contribution >= 0.6 is 0 Å². The Balaban J connectivity index is 1.64. The summed E-state index contributed by atoms with van der Waals surface area (Å²) in [6.45, 7) is 0.790. The minimum Gasteiger partial charge on any atom is -0.406 e. The number of likely N-dealkylation sites (tertiary alicyclic amines) is 1. The number of nitrogens with zero attached hydrogens (tertiary/aromatic N) is 4. The maximum Gasteiger partial charge on any atom is 0.573 e. The summed E-state index contributed by atoms with van der Waals surface area (Å²) >= 11 is 0. The number of hydrogen-bond donors (Lipinski definition) is 1. The predicted molar refractivity (Wildman–Crippen MR) is 107 cm³/mol. The SMILES string of the molecule is NC(=O)C1CCN(C(=O)c2cnn(-c3ccc(OC(F)(F)F)cc3)c2-n2cccc2)CC1. The van der Waals surface area contributed by atoms with Crippen LogP contribution in [0.1, 0.15) is 23.2 Å². The zero-order valence-corrected chi connectivity index (χ0v) is 16.8. The maximum atomic E-state index is 13.2. The fourth-order valence-corrected chi connectivity index (χ4v) is 3.73. The van der Waals surface area contributed by atoms with Gasteiger partial charge in [0, 0.05) is 31.4 Å². The van der Waals surface area contributed by atoms with Crippen molar-refractivity contribution in [3.63, 3.8) is 0 Å². The van der Waals surface area contributed by atoms with Gasteiger partial charge in [0.05, 0.1) is 11.9 Å². The lowest BCUT2D eigenvalue weighted by atomic mass is 9.96. The molecule has 1 aromatic carbocycles. The molecule has 1 fully saturated rings. The van der Waals surface area contributed by atoms with Gasteiger partial charge >= 0.3 is 6.36 Å². The summed E-state index contributed by atoms with van der Waals surface area (Å²) in [6, 6.07) is 8.77. The molecule has 11 heteroatoms. The number of amides is 2. The first-order valence-electron chi connectivity index (χ1n) is 9.89. The van der Waals surface area contributed by atoms with E-state index < -0.39 is 6.36 Å². The Labute approximate surface area is 181 Å². The number of nitrogens with two attached hydrogens (primary N) is 1. The summed E-state index contributed by atoms with van der Waals surface area (Å²) in [4.78, 5) is 26.3. The van der Waals surface area contributed by atoms with E-state index in [-0.39, 0.29) is 23.5 Å². The minimum absolute atomic E-state index is 0.247. The molecule has 3 aromatic rings. The summed E-state index contributed by atoms with van der Waals surface area (Å²) in [5.74, 6) is -0.773. The second-order valence-corrected chi connectivity index (χ2v) is 7.39. The highest BCUT2D eigenvalue weighted by molar-refractivity contribution is 5.97. The molecule has 0 atom stereocenters. The highest BCUT2D eigenvalue weighted by Crippen LogP contribution is 2.27. The van der Waals surface area contributed by atoms with Gasteiger partial charge in [-0.05, 0) is 49.2 Å². The number of piperidine rings is 1. The Morgan fingerprint density at radius 1 is 1.06 bits per heavy atom. The largest absolute Gasteiger partial charge is 0.573 e. The number of carbonyl (C=O) groups excluding carboxylic acids is 2. The predicted octanol–water partition coefficient (Wildman–Crippen LogP) is 2.90. The number of aromatic nitrogens is 3. The number of benzene rings is 1. The average molecular weight is 447 g/mol. The molecule has 3 heterocycles. The van der Waals surface area contributed by atoms with E-state index in [1.54, 1.807) is 34.0 Å². The lowest BCUT2D eigenvalue weighted by Crippen LogP contribution is -2.41. The molecule has 1 aliphatic heterocycles. The Kier molecular flexibility index (Phi) is 5.64. The van der Waals surface area contributed by atoms with Gasteiger partial charge in [0.15, 0.2) is 5.82 Å². The molecule has 0 saturated carbocycles. The van der Waals surface area contributed by atoms with E-state index in [2.05, 4.69) is 9.84 Å². The third-order valence-corrected chi connectivity index (χ3v) is 5.32. The van der Waals surface area contributed by atoms with E-state index in [1.807, 2.05) is 0 Å². The molecule has 0 aliphatic carbocycles. The van der Waals surface area contributed by atoms with E-state index in [4.69, 9.17) is 5.73 Å². The van der Waals surface area contributed by atoms with Crippen LogP contribution in [0.25, 0.3) is 11.5 Å². The van der Waals surface area contributed by atoms with Crippen LogP contribution in [0.5, 0.6) is 5.75 Å². The van der Waals surface area contributed by atoms with Crippen molar-refractivity contribution in [2.24, 2.45) is 11.7 Å². The molecule has 4 rings (SSSR count). The van der Waals surface area contributed by atoms with E-state index in [9.17, 15) is 22.8 Å². The monoisotopic (exact) mass is 447 g/mol. The first-order chi connectivity index (χ1) is 15.2. The van der Waals surface area contributed by atoms with Crippen molar-refractivity contribution in [1.29, 1.82) is 0 Å². The van der Waals surface area contributed by atoms with Crippen molar-refractivity contribution < 1.29 is 27.5 Å². The van der Waals surface area contributed by atoms with E-state index in [1.165, 1.54) is 35.1 Å². The fraction of sp³-hybridized carbons (Fsp3) is 0.286. The van der Waals surface area contributed by atoms with Crippen molar-refractivity contribution >= 4 is 11.8 Å². The molecular weight excluding hydrogens is 427 g/mol. The number of alkyl halides is 3. The van der Waals surface area contributed by atoms with Gasteiger partial charge in [-0.2, -0.15) is 5.10 Å². The van der Waals surface area contributed by atoms with Crippen LogP contribution in [-0.4, -0.2) is 50.5 Å². The minimum atomic E-state index is -4.79. The van der Waals surface area contributed by atoms with Gasteiger partial charge in [0.1, 0.15) is 11.3 Å². The Morgan fingerprint density at radius 3 is 2.25 bits per heavy atom. The van der Waals surface area contributed by atoms with E-state index >= 15 is 0 Å². The molecule has 0 unspecified atom stereocenters. The van der Waals surface area contributed by atoms with Crippen LogP contribution in [0.4, 0.5) is 13.2 Å². The Hall–Kier alpha value is -3.76. The molecule has 2 amide bonds. The third kappa shape index (κ3) is 4.46. The molecule has 0 bridgehead atoms. The van der Waals surface area contributed by atoms with Crippen LogP contribution in [0, 0.1) is 5.92 Å². The van der Waals surface area contributed by atoms with Gasteiger partial charge in [-0.25, -0.2) is 4.68 Å². The molecule has 8 nitrogen and oxygen atoms in total. The summed E-state index contributed by atoms with van der Waals surface area (Å²) in [5, 5.41) is 4.32. The summed E-state index contributed by atoms with van der Waals surface area (Å²) in [5.41, 5.74) is 6.15. The van der Waals surface area contributed by atoms with Crippen LogP contribution in [0.3, 0.4) is 0 Å². The molecule has 32 heavy (non-hydrogen) atoms. The van der Waals surface area contributed by atoms with Crippen LogP contribution in [0.2, 0.25) is 0 Å². The molecule has 1 aliphatic rings. The Bertz CT molecular complexity index is 1100. The van der Waals surface area contributed by atoms with Crippen molar-refractivity contribution in [1.82, 2.24) is 19.2 Å². The zero-order valence-electron chi connectivity index (χ0n) is 16.8. The number of hydrogen-bond acceptors (Lipinski definition) is 4. The lowest BCUT2D eigenvalue weighted by Gasteiger charge is -2.30. The Morgan fingerprint density at radius 2 is 1.69 bits per heavy atom. The molecular formula is C21H20F3N5O3. The van der Waals surface area contributed by atoms with E-state index in [0.29, 0.717) is 43.0 Å². The topological polar surface area (TPSA) is 95.4 Å². The highest BCUT2D eigenvalue weighted by Gasteiger charge is 2.32. The van der Waals surface area contributed by atoms with Gasteiger partial charge in [-0.15, -0.1) is 13.2 Å². The normalized spacial score (nSPS) is 15.0. The summed E-state index contributed by atoms with van der Waals surface area (Å²) < 4.78 is 44.4. The quantitative estimate of drug-likeness (QED) is 0.651. The smallest absolute Gasteiger partial charge is 0.406 e. The van der Waals surface area contributed by atoms with Gasteiger partial charge in [0.25, 0.3) is 5.91 Å². The van der Waals surface area contributed by atoms with E-state index in [0.717, 1.165) is 0 Å². The van der Waals surface area contributed by atoms with Crippen molar-refractivity contribution in [2.45, 2.75) is 19.2 Å². The molecule has 1 saturated heterocycles. The van der Waals surface area contributed by atoms with Crippen molar-refractivity contribution in [3.05, 3.63) is 60.6 Å². The van der Waals surface area contributed by atoms with Crippen molar-refractivity contribution in [2.75, 3.05) is 13.1 Å². The molecule has 168 valence electrons. The van der Waals surface area contributed by atoms with Gasteiger partial charge in [0.2, 0.25) is 5.91 Å². The molecule has 0 spiro atoms. The first kappa shape index (κ1) is 21.5. The second-order valence-electron chi connectivity index (χ2n) is 7.39. The van der Waals surface area contributed by atoms with Gasteiger partial charge in [-0.1, -0.05) is 0 Å². The second kappa shape index (κ2) is 8.40. The summed E-state index contributed by atoms with van der Waals surface area (Å²) in [6.07, 6.45) is 1.11. The van der Waals surface area contributed by atoms with Crippen molar-refractivity contribution in [3.8, 4) is 17.3 Å². The van der Waals surface area contributed by atoms with Crippen LogP contribution in [-0.2, 0) is 4.79 Å². The fourth-order valence-electron chi connectivity index (χ4n) is 3.73. The number of primary amides is 1. The van der Waals surface area contributed by atoms with Gasteiger partial charge < -0.3 is 19.9 Å². The third-order valence-electron chi connectivity index (χ3n) is 5.32. The number of carbonyl (C=O) groups is 2. The molecule has 0 radical (unpaired) electrons. The van der Waals surface area contributed by atoms with Crippen LogP contribution < -0.4 is 10.5 Å². The maximum absolute atomic E-state index is 13.2. The molecule has 2 N–H and O–H groups in total. The summed E-state index contributed by atoms with van der Waals surface area (Å²) in [7, 11) is 0. The van der Waals surface area contributed by atoms with Crippen LogP contribution in [0.15, 0.2) is 55.0 Å². The number of rotatable bonds is 5. The van der Waals surface area contributed by atoms with Gasteiger partial charge in [-0.3, -0.25) is 9.59 Å². The standard InChI is InChI=1S/C21H20F3N5O3/c22-21(23,24)32-16-5-3-15(4-6-16)29-19(27-9-1-2-10-27)17(13-26-29)20(31)28-11-7-14(8-12-28)18(25)30/h1-6,9-10,13-14H,7-8,11-12H2,(H2,25,30). The number of halogens is 3. The lowest BCUT2D eigenvalue weighted by molar-refractivity contribution is -0.274. The highest BCUT2D eigenvalue weighted by atomic mass is 19.4. The molecule has 2 aromatic heterocycles. The number of ether oxygens (including phenoxy) is 1. The average Bonchev–Trinajstić information content (AvgIpc) is 3.42. The first-order valence-corrected chi connectivity index (χ1v) is 9.89.